The highest BCUT2D eigenvalue weighted by atomic mass is 16.2. The van der Waals surface area contributed by atoms with Gasteiger partial charge in [0.05, 0.1) is 0 Å². The number of imide groups is 1. The standard InChI is InChI=1S/C24H27N5O4/c1-24(17-7-6-15-4-2-3-5-16(15)12-17)21(31)29(23(33)27-24)14-20(30)28-11-10-19(13-28)26-22(32)25-18-8-9-18/h2-7,12,18-19H,8-11,13-14H2,1H3,(H,27,33)(H2,25,26,32). The summed E-state index contributed by atoms with van der Waals surface area (Å²) >= 11 is 0. The van der Waals surface area contributed by atoms with Crippen LogP contribution in [0.1, 0.15) is 31.7 Å². The summed E-state index contributed by atoms with van der Waals surface area (Å²) < 4.78 is 0. The maximum atomic E-state index is 13.2. The molecule has 0 aromatic heterocycles. The largest absolute Gasteiger partial charge is 0.339 e. The fourth-order valence-electron chi connectivity index (χ4n) is 4.52. The maximum Gasteiger partial charge on any atom is 0.325 e. The van der Waals surface area contributed by atoms with Crippen molar-refractivity contribution in [3.63, 3.8) is 0 Å². The van der Waals surface area contributed by atoms with E-state index in [0.717, 1.165) is 28.5 Å². The Hall–Kier alpha value is -3.62. The Morgan fingerprint density at radius 3 is 2.52 bits per heavy atom. The van der Waals surface area contributed by atoms with E-state index in [4.69, 9.17) is 0 Å². The van der Waals surface area contributed by atoms with Crippen LogP contribution in [0.15, 0.2) is 42.5 Å². The SMILES string of the molecule is CC1(c2ccc3ccccc3c2)NC(=O)N(CC(=O)N2CCC(NC(=O)NC3CC3)C2)C1=O. The maximum absolute atomic E-state index is 13.2. The minimum Gasteiger partial charge on any atom is -0.339 e. The average molecular weight is 450 g/mol. The highest BCUT2D eigenvalue weighted by Crippen LogP contribution is 2.31. The van der Waals surface area contributed by atoms with Crippen molar-refractivity contribution in [2.45, 2.75) is 43.8 Å². The minimum atomic E-state index is -1.24. The topological polar surface area (TPSA) is 111 Å². The number of urea groups is 2. The number of likely N-dealkylation sites (tertiary alicyclic amines) is 1. The summed E-state index contributed by atoms with van der Waals surface area (Å²) in [5.74, 6) is -0.762. The smallest absolute Gasteiger partial charge is 0.325 e. The van der Waals surface area contributed by atoms with Gasteiger partial charge in [0.1, 0.15) is 12.1 Å². The van der Waals surface area contributed by atoms with Crippen LogP contribution < -0.4 is 16.0 Å². The molecule has 3 fully saturated rings. The third-order valence-corrected chi connectivity index (χ3v) is 6.68. The van der Waals surface area contributed by atoms with Gasteiger partial charge in [0.15, 0.2) is 0 Å². The van der Waals surface area contributed by atoms with E-state index in [2.05, 4.69) is 16.0 Å². The highest BCUT2D eigenvalue weighted by molar-refractivity contribution is 6.09. The average Bonchev–Trinajstić information content (AvgIpc) is 3.44. The van der Waals surface area contributed by atoms with E-state index in [1.807, 2.05) is 42.5 Å². The molecule has 2 aliphatic heterocycles. The van der Waals surface area contributed by atoms with Crippen LogP contribution in [0.4, 0.5) is 9.59 Å². The van der Waals surface area contributed by atoms with Gasteiger partial charge in [-0.3, -0.25) is 14.5 Å². The molecule has 1 saturated carbocycles. The molecule has 9 nitrogen and oxygen atoms in total. The predicted molar refractivity (Wildman–Crippen MR) is 121 cm³/mol. The number of hydrogen-bond acceptors (Lipinski definition) is 4. The van der Waals surface area contributed by atoms with Gasteiger partial charge in [-0.05, 0) is 48.6 Å². The quantitative estimate of drug-likeness (QED) is 0.603. The van der Waals surface area contributed by atoms with Crippen molar-refractivity contribution in [1.82, 2.24) is 25.8 Å². The normalized spacial score (nSPS) is 24.8. The van der Waals surface area contributed by atoms with Crippen LogP contribution in [0.25, 0.3) is 10.8 Å². The molecule has 2 aromatic carbocycles. The Morgan fingerprint density at radius 1 is 1.03 bits per heavy atom. The van der Waals surface area contributed by atoms with E-state index in [-0.39, 0.29) is 30.6 Å². The molecule has 33 heavy (non-hydrogen) atoms. The number of carbonyl (C=O) groups is 4. The van der Waals surface area contributed by atoms with Gasteiger partial charge in [0.25, 0.3) is 5.91 Å². The molecule has 2 unspecified atom stereocenters. The zero-order chi connectivity index (χ0) is 23.2. The minimum absolute atomic E-state index is 0.140. The Balaban J connectivity index is 1.23. The van der Waals surface area contributed by atoms with Crippen LogP contribution in [0.2, 0.25) is 0 Å². The predicted octanol–water partition coefficient (Wildman–Crippen LogP) is 1.67. The number of nitrogens with one attached hydrogen (secondary N) is 3. The van der Waals surface area contributed by atoms with E-state index in [1.54, 1.807) is 11.8 Å². The second-order valence-corrected chi connectivity index (χ2v) is 9.23. The van der Waals surface area contributed by atoms with Gasteiger partial charge in [0.2, 0.25) is 5.91 Å². The number of hydrogen-bond donors (Lipinski definition) is 3. The van der Waals surface area contributed by atoms with Crippen molar-refractivity contribution in [3.05, 3.63) is 48.0 Å². The van der Waals surface area contributed by atoms with Crippen molar-refractivity contribution >= 4 is 34.6 Å². The molecule has 0 radical (unpaired) electrons. The van der Waals surface area contributed by atoms with Crippen LogP contribution in [0.3, 0.4) is 0 Å². The Bertz CT molecular complexity index is 1150. The van der Waals surface area contributed by atoms with Gasteiger partial charge in [-0.25, -0.2) is 9.59 Å². The zero-order valence-corrected chi connectivity index (χ0v) is 18.5. The molecular weight excluding hydrogens is 422 g/mol. The summed E-state index contributed by atoms with van der Waals surface area (Å²) in [6, 6.07) is 12.8. The molecular formula is C24H27N5O4. The first-order valence-electron chi connectivity index (χ1n) is 11.3. The summed E-state index contributed by atoms with van der Waals surface area (Å²) in [5, 5.41) is 10.5. The lowest BCUT2D eigenvalue weighted by Crippen LogP contribution is -2.46. The third-order valence-electron chi connectivity index (χ3n) is 6.68. The Labute approximate surface area is 191 Å². The van der Waals surface area contributed by atoms with Crippen molar-refractivity contribution in [1.29, 1.82) is 0 Å². The van der Waals surface area contributed by atoms with E-state index in [1.165, 1.54) is 0 Å². The molecule has 2 atom stereocenters. The number of carbonyl (C=O) groups excluding carboxylic acids is 4. The first-order valence-corrected chi connectivity index (χ1v) is 11.3. The molecule has 0 bridgehead atoms. The first kappa shape index (κ1) is 21.2. The van der Waals surface area contributed by atoms with Crippen molar-refractivity contribution < 1.29 is 19.2 Å². The Kier molecular flexibility index (Phi) is 5.19. The lowest BCUT2D eigenvalue weighted by atomic mass is 9.90. The number of nitrogens with zero attached hydrogens (tertiary/aromatic N) is 2. The number of benzene rings is 2. The molecule has 2 heterocycles. The molecule has 6 amide bonds. The molecule has 172 valence electrons. The fraction of sp³-hybridized carbons (Fsp3) is 0.417. The fourth-order valence-corrected chi connectivity index (χ4v) is 4.52. The van der Waals surface area contributed by atoms with E-state index >= 15 is 0 Å². The molecule has 1 aliphatic carbocycles. The van der Waals surface area contributed by atoms with Crippen LogP contribution in [-0.4, -0.2) is 65.4 Å². The number of amides is 6. The third kappa shape index (κ3) is 4.10. The lowest BCUT2D eigenvalue weighted by molar-refractivity contribution is -0.138. The van der Waals surface area contributed by atoms with Crippen molar-refractivity contribution in [3.8, 4) is 0 Å². The van der Waals surface area contributed by atoms with Gasteiger partial charge in [0, 0.05) is 25.2 Å². The van der Waals surface area contributed by atoms with Crippen LogP contribution in [0.5, 0.6) is 0 Å². The highest BCUT2D eigenvalue weighted by Gasteiger charge is 2.50. The van der Waals surface area contributed by atoms with Crippen molar-refractivity contribution in [2.24, 2.45) is 0 Å². The molecule has 3 aliphatic rings. The van der Waals surface area contributed by atoms with E-state index in [0.29, 0.717) is 25.1 Å². The van der Waals surface area contributed by atoms with E-state index in [9.17, 15) is 19.2 Å². The molecule has 9 heteroatoms. The second-order valence-electron chi connectivity index (χ2n) is 9.23. The number of fused-ring (bicyclic) bond motifs is 1. The van der Waals surface area contributed by atoms with Gasteiger partial charge in [-0.1, -0.05) is 36.4 Å². The summed E-state index contributed by atoms with van der Waals surface area (Å²) in [6.07, 6.45) is 2.65. The van der Waals surface area contributed by atoms with Crippen LogP contribution in [0, 0.1) is 0 Å². The molecule has 3 N–H and O–H groups in total. The second kappa shape index (κ2) is 8.06. The van der Waals surface area contributed by atoms with Gasteiger partial charge in [-0.15, -0.1) is 0 Å². The van der Waals surface area contributed by atoms with Gasteiger partial charge in [-0.2, -0.15) is 0 Å². The van der Waals surface area contributed by atoms with E-state index < -0.39 is 17.5 Å². The van der Waals surface area contributed by atoms with Crippen molar-refractivity contribution in [2.75, 3.05) is 19.6 Å². The zero-order valence-electron chi connectivity index (χ0n) is 18.5. The summed E-state index contributed by atoms with van der Waals surface area (Å²) in [5.41, 5.74) is -0.571. The summed E-state index contributed by atoms with van der Waals surface area (Å²) in [7, 11) is 0. The van der Waals surface area contributed by atoms with Gasteiger partial charge >= 0.3 is 12.1 Å². The molecule has 5 rings (SSSR count). The van der Waals surface area contributed by atoms with Crippen LogP contribution >= 0.6 is 0 Å². The van der Waals surface area contributed by atoms with Crippen LogP contribution in [-0.2, 0) is 15.1 Å². The summed E-state index contributed by atoms with van der Waals surface area (Å²) in [4.78, 5) is 53.3. The van der Waals surface area contributed by atoms with Gasteiger partial charge < -0.3 is 20.9 Å². The monoisotopic (exact) mass is 449 g/mol. The number of rotatable bonds is 5. The molecule has 2 aromatic rings. The first-order chi connectivity index (χ1) is 15.8. The summed E-state index contributed by atoms with van der Waals surface area (Å²) in [6.45, 7) is 2.17. The Morgan fingerprint density at radius 2 is 1.76 bits per heavy atom. The molecule has 0 spiro atoms. The molecule has 2 saturated heterocycles. The lowest BCUT2D eigenvalue weighted by Gasteiger charge is -2.23.